The van der Waals surface area contributed by atoms with E-state index in [1.165, 1.54) is 0 Å². The summed E-state index contributed by atoms with van der Waals surface area (Å²) in [5, 5.41) is 19.5. The van der Waals surface area contributed by atoms with Crippen LogP contribution in [0.3, 0.4) is 0 Å². The Balaban J connectivity index is 2.33. The van der Waals surface area contributed by atoms with Gasteiger partial charge in [0, 0.05) is 29.8 Å². The van der Waals surface area contributed by atoms with Crippen molar-refractivity contribution in [3.63, 3.8) is 0 Å². The summed E-state index contributed by atoms with van der Waals surface area (Å²) in [6.07, 6.45) is 8.18. The van der Waals surface area contributed by atoms with Crippen LogP contribution in [-0.2, 0) is 9.59 Å². The molecule has 0 radical (unpaired) electrons. The Kier molecular flexibility index (Phi) is 10.1. The van der Waals surface area contributed by atoms with Crippen LogP contribution in [0.1, 0.15) is 85.0 Å². The number of hydrogen-bond acceptors (Lipinski definition) is 4. The quantitative estimate of drug-likeness (QED) is 0.459. The molecular weight excluding hydrogens is 336 g/mol. The van der Waals surface area contributed by atoms with Gasteiger partial charge >= 0.3 is 5.97 Å². The van der Waals surface area contributed by atoms with Crippen LogP contribution in [0.5, 0.6) is 0 Å². The maximum absolute atomic E-state index is 12.2. The van der Waals surface area contributed by atoms with Crippen LogP contribution in [0, 0.1) is 11.3 Å². The highest BCUT2D eigenvalue weighted by atomic mass is 32.2. The number of aliphatic hydroxyl groups excluding tert-OH is 1. The summed E-state index contributed by atoms with van der Waals surface area (Å²) < 4.78 is 0. The molecule has 0 aromatic carbocycles. The molecule has 0 amide bonds. The molecule has 0 aliphatic heterocycles. The SMILES string of the molecule is CCCC(C)(C)C(O)CSC1CCC(=O)C1CCCCCCC(=O)O. The topological polar surface area (TPSA) is 74.6 Å². The van der Waals surface area contributed by atoms with Crippen LogP contribution < -0.4 is 0 Å². The molecule has 0 heterocycles. The van der Waals surface area contributed by atoms with Crippen molar-refractivity contribution < 1.29 is 19.8 Å². The lowest BCUT2D eigenvalue weighted by Gasteiger charge is -2.31. The second kappa shape index (κ2) is 11.2. The Bertz CT molecular complexity index is 422. The number of unbranched alkanes of at least 4 members (excludes halogenated alkanes) is 3. The van der Waals surface area contributed by atoms with Crippen LogP contribution in [0.2, 0.25) is 0 Å². The molecule has 146 valence electrons. The van der Waals surface area contributed by atoms with Crippen molar-refractivity contribution in [3.8, 4) is 0 Å². The van der Waals surface area contributed by atoms with Gasteiger partial charge in [0.15, 0.2) is 0 Å². The Morgan fingerprint density at radius 2 is 1.96 bits per heavy atom. The molecule has 0 spiro atoms. The van der Waals surface area contributed by atoms with Gasteiger partial charge in [0.2, 0.25) is 0 Å². The molecule has 0 aromatic heterocycles. The largest absolute Gasteiger partial charge is 0.481 e. The molecule has 2 N–H and O–H groups in total. The predicted octanol–water partition coefficient (Wildman–Crippen LogP) is 4.68. The van der Waals surface area contributed by atoms with E-state index in [-0.39, 0.29) is 23.9 Å². The monoisotopic (exact) mass is 372 g/mol. The molecule has 4 nitrogen and oxygen atoms in total. The van der Waals surface area contributed by atoms with Gasteiger partial charge in [-0.2, -0.15) is 11.8 Å². The van der Waals surface area contributed by atoms with Gasteiger partial charge in [-0.15, -0.1) is 0 Å². The van der Waals surface area contributed by atoms with Crippen molar-refractivity contribution in [1.82, 2.24) is 0 Å². The minimum Gasteiger partial charge on any atom is -0.481 e. The molecule has 1 rings (SSSR count). The zero-order chi connectivity index (χ0) is 18.9. The zero-order valence-electron chi connectivity index (χ0n) is 16.1. The number of ketones is 1. The fourth-order valence-corrected chi connectivity index (χ4v) is 5.36. The van der Waals surface area contributed by atoms with Crippen molar-refractivity contribution in [3.05, 3.63) is 0 Å². The first-order valence-corrected chi connectivity index (χ1v) is 10.9. The molecular formula is C20H36O4S. The highest BCUT2D eigenvalue weighted by Gasteiger charge is 2.36. The number of carboxylic acid groups (broad SMARTS) is 1. The number of aliphatic carboxylic acids is 1. The minimum absolute atomic E-state index is 0.0655. The second-order valence-corrected chi connectivity index (χ2v) is 9.36. The highest BCUT2D eigenvalue weighted by Crippen LogP contribution is 2.38. The average molecular weight is 373 g/mol. The lowest BCUT2D eigenvalue weighted by molar-refractivity contribution is -0.137. The van der Waals surface area contributed by atoms with Crippen LogP contribution >= 0.6 is 11.8 Å². The third-order valence-corrected chi connectivity index (χ3v) is 6.96. The molecule has 0 bridgehead atoms. The number of Topliss-reactive ketones (excluding diaryl/α,β-unsaturated/α-hetero) is 1. The van der Waals surface area contributed by atoms with E-state index in [0.29, 0.717) is 23.2 Å². The summed E-state index contributed by atoms with van der Waals surface area (Å²) in [5.74, 6) is 0.489. The Hall–Kier alpha value is -0.550. The van der Waals surface area contributed by atoms with E-state index in [1.54, 1.807) is 11.8 Å². The van der Waals surface area contributed by atoms with E-state index in [2.05, 4.69) is 20.8 Å². The molecule has 1 saturated carbocycles. The summed E-state index contributed by atoms with van der Waals surface area (Å²) in [7, 11) is 0. The number of hydrogen-bond donors (Lipinski definition) is 2. The van der Waals surface area contributed by atoms with Crippen LogP contribution in [-0.4, -0.2) is 39.1 Å². The van der Waals surface area contributed by atoms with Crippen molar-refractivity contribution >= 4 is 23.5 Å². The standard InChI is InChI=1S/C20H36O4S/c1-4-13-20(2,3)18(22)14-25-17-12-11-16(21)15(17)9-7-5-6-8-10-19(23)24/h15,17-18,22H,4-14H2,1-3H3,(H,23,24). The van der Waals surface area contributed by atoms with E-state index in [0.717, 1.165) is 51.4 Å². The number of carbonyl (C=O) groups is 2. The van der Waals surface area contributed by atoms with Gasteiger partial charge in [-0.1, -0.05) is 46.5 Å². The van der Waals surface area contributed by atoms with E-state index in [4.69, 9.17) is 5.11 Å². The van der Waals surface area contributed by atoms with Crippen molar-refractivity contribution in [2.75, 3.05) is 5.75 Å². The van der Waals surface area contributed by atoms with Gasteiger partial charge in [-0.05, 0) is 31.1 Å². The third-order valence-electron chi connectivity index (χ3n) is 5.46. The van der Waals surface area contributed by atoms with Gasteiger partial charge in [-0.3, -0.25) is 9.59 Å². The molecule has 3 atom stereocenters. The number of thioether (sulfide) groups is 1. The molecule has 1 aliphatic rings. The molecule has 5 heteroatoms. The van der Waals surface area contributed by atoms with Crippen LogP contribution in [0.25, 0.3) is 0 Å². The van der Waals surface area contributed by atoms with Crippen molar-refractivity contribution in [1.29, 1.82) is 0 Å². The van der Waals surface area contributed by atoms with Gasteiger partial charge < -0.3 is 10.2 Å². The number of rotatable bonds is 13. The number of carboxylic acids is 1. The Labute approximate surface area is 157 Å². The fourth-order valence-electron chi connectivity index (χ4n) is 3.67. The Morgan fingerprint density at radius 1 is 1.28 bits per heavy atom. The van der Waals surface area contributed by atoms with Gasteiger partial charge in [0.05, 0.1) is 6.10 Å². The first-order chi connectivity index (χ1) is 11.8. The fraction of sp³-hybridized carbons (Fsp3) is 0.900. The summed E-state index contributed by atoms with van der Waals surface area (Å²) in [6, 6.07) is 0. The molecule has 0 aromatic rings. The van der Waals surface area contributed by atoms with Crippen molar-refractivity contribution in [2.24, 2.45) is 11.3 Å². The first-order valence-electron chi connectivity index (χ1n) is 9.82. The maximum Gasteiger partial charge on any atom is 0.303 e. The van der Waals surface area contributed by atoms with E-state index in [9.17, 15) is 14.7 Å². The summed E-state index contributed by atoms with van der Waals surface area (Å²) in [4.78, 5) is 22.7. The van der Waals surface area contributed by atoms with E-state index >= 15 is 0 Å². The summed E-state index contributed by atoms with van der Waals surface area (Å²) >= 11 is 1.78. The Morgan fingerprint density at radius 3 is 2.60 bits per heavy atom. The minimum atomic E-state index is -0.730. The summed E-state index contributed by atoms with van der Waals surface area (Å²) in [5.41, 5.74) is -0.0655. The maximum atomic E-state index is 12.2. The number of aliphatic hydroxyl groups is 1. The second-order valence-electron chi connectivity index (χ2n) is 8.08. The van der Waals surface area contributed by atoms with Gasteiger partial charge in [0.25, 0.3) is 0 Å². The molecule has 3 unspecified atom stereocenters. The summed E-state index contributed by atoms with van der Waals surface area (Å²) in [6.45, 7) is 6.38. The van der Waals surface area contributed by atoms with Crippen LogP contribution in [0.15, 0.2) is 0 Å². The van der Waals surface area contributed by atoms with Crippen LogP contribution in [0.4, 0.5) is 0 Å². The normalized spacial score (nSPS) is 22.3. The molecule has 25 heavy (non-hydrogen) atoms. The third kappa shape index (κ3) is 8.12. The van der Waals surface area contributed by atoms with Crippen molar-refractivity contribution in [2.45, 2.75) is 96.3 Å². The lowest BCUT2D eigenvalue weighted by atomic mass is 9.83. The molecule has 1 aliphatic carbocycles. The van der Waals surface area contributed by atoms with Gasteiger partial charge in [-0.25, -0.2) is 0 Å². The number of carbonyl (C=O) groups excluding carboxylic acids is 1. The first kappa shape index (κ1) is 22.5. The van der Waals surface area contributed by atoms with E-state index < -0.39 is 5.97 Å². The lowest BCUT2D eigenvalue weighted by Crippen LogP contribution is -2.32. The smallest absolute Gasteiger partial charge is 0.303 e. The highest BCUT2D eigenvalue weighted by molar-refractivity contribution is 8.00. The zero-order valence-corrected chi connectivity index (χ0v) is 16.9. The predicted molar refractivity (Wildman–Crippen MR) is 104 cm³/mol. The average Bonchev–Trinajstić information content (AvgIpc) is 2.88. The molecule has 0 saturated heterocycles. The van der Waals surface area contributed by atoms with Gasteiger partial charge in [0.1, 0.15) is 5.78 Å². The molecule has 1 fully saturated rings. The van der Waals surface area contributed by atoms with E-state index in [1.807, 2.05) is 0 Å².